The van der Waals surface area contributed by atoms with Crippen LogP contribution in [0.3, 0.4) is 0 Å². The summed E-state index contributed by atoms with van der Waals surface area (Å²) in [5.74, 6) is -0.0919. The van der Waals surface area contributed by atoms with E-state index in [0.717, 1.165) is 15.7 Å². The summed E-state index contributed by atoms with van der Waals surface area (Å²) in [6.45, 7) is 2.40. The van der Waals surface area contributed by atoms with Crippen molar-refractivity contribution in [2.45, 2.75) is 56.9 Å². The van der Waals surface area contributed by atoms with Gasteiger partial charge in [-0.05, 0) is 80.2 Å². The fraction of sp³-hybridized carbons (Fsp3) is 0.423. The van der Waals surface area contributed by atoms with Gasteiger partial charge in [-0.2, -0.15) is 0 Å². The molecule has 30 heavy (non-hydrogen) atoms. The van der Waals surface area contributed by atoms with E-state index in [2.05, 4.69) is 44.3 Å². The highest BCUT2D eigenvalue weighted by Gasteiger charge is 2.39. The number of benzene rings is 2. The fourth-order valence-electron chi connectivity index (χ4n) is 5.06. The van der Waals surface area contributed by atoms with Crippen LogP contribution in [0.4, 0.5) is 5.69 Å². The SMILES string of the molecule is O=C(/C=C/c1ccc(Br)cc1)Nc1cccc(C2(N3CCCCC3)CCCCC2)c1. The second-order valence-electron chi connectivity index (χ2n) is 8.59. The van der Waals surface area contributed by atoms with E-state index < -0.39 is 0 Å². The molecule has 0 unspecified atom stereocenters. The van der Waals surface area contributed by atoms with Gasteiger partial charge in [-0.1, -0.05) is 65.9 Å². The highest BCUT2D eigenvalue weighted by atomic mass is 79.9. The molecule has 0 bridgehead atoms. The maximum atomic E-state index is 12.5. The first-order chi connectivity index (χ1) is 14.7. The van der Waals surface area contributed by atoms with Crippen LogP contribution < -0.4 is 5.32 Å². The maximum absolute atomic E-state index is 12.5. The Morgan fingerprint density at radius 2 is 1.63 bits per heavy atom. The second-order valence-corrected chi connectivity index (χ2v) is 9.51. The Morgan fingerprint density at radius 1 is 0.933 bits per heavy atom. The number of nitrogens with one attached hydrogen (secondary N) is 1. The maximum Gasteiger partial charge on any atom is 0.248 e. The molecule has 0 aromatic heterocycles. The van der Waals surface area contributed by atoms with E-state index in [-0.39, 0.29) is 11.4 Å². The van der Waals surface area contributed by atoms with Crippen LogP contribution in [-0.4, -0.2) is 23.9 Å². The number of amides is 1. The second kappa shape index (κ2) is 9.93. The average molecular weight is 467 g/mol. The van der Waals surface area contributed by atoms with Gasteiger partial charge in [0.1, 0.15) is 0 Å². The van der Waals surface area contributed by atoms with E-state index >= 15 is 0 Å². The zero-order valence-corrected chi connectivity index (χ0v) is 19.2. The molecule has 2 aromatic rings. The lowest BCUT2D eigenvalue weighted by molar-refractivity contribution is -0.111. The number of likely N-dealkylation sites (tertiary alicyclic amines) is 1. The summed E-state index contributed by atoms with van der Waals surface area (Å²) in [6, 6.07) is 16.5. The monoisotopic (exact) mass is 466 g/mol. The zero-order valence-electron chi connectivity index (χ0n) is 17.6. The minimum atomic E-state index is -0.0919. The standard InChI is InChI=1S/C26H31BrN2O/c27-23-13-10-21(11-14-23)12-15-25(30)28-24-9-7-8-22(20-24)26(16-3-1-4-17-26)29-18-5-2-6-19-29/h7-15,20H,1-6,16-19H2,(H,28,30)/b15-12+. The molecule has 2 aromatic carbocycles. The van der Waals surface area contributed by atoms with Crippen LogP contribution in [0, 0.1) is 0 Å². The highest BCUT2D eigenvalue weighted by molar-refractivity contribution is 9.10. The highest BCUT2D eigenvalue weighted by Crippen LogP contribution is 2.44. The van der Waals surface area contributed by atoms with E-state index in [1.807, 2.05) is 36.4 Å². The van der Waals surface area contributed by atoms with Crippen LogP contribution in [-0.2, 0) is 10.3 Å². The average Bonchev–Trinajstić information content (AvgIpc) is 2.80. The molecule has 3 nitrogen and oxygen atoms in total. The lowest BCUT2D eigenvalue weighted by atomic mass is 9.74. The van der Waals surface area contributed by atoms with E-state index in [4.69, 9.17) is 0 Å². The van der Waals surface area contributed by atoms with Crippen LogP contribution in [0.1, 0.15) is 62.5 Å². The van der Waals surface area contributed by atoms with E-state index in [1.54, 1.807) is 6.08 Å². The Kier molecular flexibility index (Phi) is 7.06. The summed E-state index contributed by atoms with van der Waals surface area (Å²) >= 11 is 3.44. The van der Waals surface area contributed by atoms with Crippen LogP contribution in [0.25, 0.3) is 6.08 Å². The molecular weight excluding hydrogens is 436 g/mol. The third-order valence-electron chi connectivity index (χ3n) is 6.61. The molecule has 0 atom stereocenters. The summed E-state index contributed by atoms with van der Waals surface area (Å²) in [5.41, 5.74) is 3.42. The van der Waals surface area contributed by atoms with E-state index in [1.165, 1.54) is 70.0 Å². The first-order valence-electron chi connectivity index (χ1n) is 11.3. The number of hydrogen-bond donors (Lipinski definition) is 1. The minimum Gasteiger partial charge on any atom is -0.323 e. The van der Waals surface area contributed by atoms with Gasteiger partial charge in [0.25, 0.3) is 0 Å². The smallest absolute Gasteiger partial charge is 0.248 e. The van der Waals surface area contributed by atoms with Crippen molar-refractivity contribution in [2.24, 2.45) is 0 Å². The lowest BCUT2D eigenvalue weighted by Gasteiger charge is -2.49. The van der Waals surface area contributed by atoms with Gasteiger partial charge in [0, 0.05) is 21.8 Å². The van der Waals surface area contributed by atoms with Crippen molar-refractivity contribution in [1.29, 1.82) is 0 Å². The summed E-state index contributed by atoms with van der Waals surface area (Å²) in [5, 5.41) is 3.07. The van der Waals surface area contributed by atoms with Gasteiger partial charge >= 0.3 is 0 Å². The molecular formula is C26H31BrN2O. The minimum absolute atomic E-state index is 0.0919. The number of piperidine rings is 1. The van der Waals surface area contributed by atoms with Crippen molar-refractivity contribution < 1.29 is 4.79 Å². The summed E-state index contributed by atoms with van der Waals surface area (Å²) in [6.07, 6.45) is 13.8. The summed E-state index contributed by atoms with van der Waals surface area (Å²) in [4.78, 5) is 15.2. The predicted molar refractivity (Wildman–Crippen MR) is 128 cm³/mol. The van der Waals surface area contributed by atoms with Crippen molar-refractivity contribution in [3.05, 3.63) is 70.2 Å². The Hall–Kier alpha value is -1.91. The number of anilines is 1. The number of carbonyl (C=O) groups is 1. The molecule has 1 aliphatic carbocycles. The third kappa shape index (κ3) is 5.04. The topological polar surface area (TPSA) is 32.3 Å². The number of nitrogens with zero attached hydrogens (tertiary/aromatic N) is 1. The molecule has 2 fully saturated rings. The van der Waals surface area contributed by atoms with E-state index in [0.29, 0.717) is 0 Å². The van der Waals surface area contributed by atoms with Crippen molar-refractivity contribution in [3.8, 4) is 0 Å². The molecule has 1 saturated heterocycles. The van der Waals surface area contributed by atoms with Gasteiger partial charge in [0.2, 0.25) is 5.91 Å². The van der Waals surface area contributed by atoms with Crippen LogP contribution in [0.15, 0.2) is 59.1 Å². The third-order valence-corrected chi connectivity index (χ3v) is 7.14. The quantitative estimate of drug-likeness (QED) is 0.494. The van der Waals surface area contributed by atoms with Crippen LogP contribution >= 0.6 is 15.9 Å². The molecule has 1 amide bonds. The Morgan fingerprint density at radius 3 is 2.37 bits per heavy atom. The summed E-state index contributed by atoms with van der Waals surface area (Å²) in [7, 11) is 0. The number of halogens is 1. The molecule has 4 heteroatoms. The zero-order chi connectivity index (χ0) is 20.8. The largest absolute Gasteiger partial charge is 0.323 e. The molecule has 1 aliphatic heterocycles. The van der Waals surface area contributed by atoms with Crippen molar-refractivity contribution >= 4 is 33.6 Å². The molecule has 0 radical (unpaired) electrons. The summed E-state index contributed by atoms with van der Waals surface area (Å²) < 4.78 is 1.03. The predicted octanol–water partition coefficient (Wildman–Crippen LogP) is 6.75. The fourth-order valence-corrected chi connectivity index (χ4v) is 5.33. The lowest BCUT2D eigenvalue weighted by Crippen LogP contribution is -2.49. The number of hydrogen-bond acceptors (Lipinski definition) is 2. The van der Waals surface area contributed by atoms with E-state index in [9.17, 15) is 4.79 Å². The molecule has 1 heterocycles. The molecule has 0 spiro atoms. The van der Waals surface area contributed by atoms with Gasteiger partial charge in [-0.25, -0.2) is 0 Å². The van der Waals surface area contributed by atoms with Crippen molar-refractivity contribution in [2.75, 3.05) is 18.4 Å². The van der Waals surface area contributed by atoms with Gasteiger partial charge in [-0.3, -0.25) is 9.69 Å². The van der Waals surface area contributed by atoms with Gasteiger partial charge in [-0.15, -0.1) is 0 Å². The molecule has 1 saturated carbocycles. The van der Waals surface area contributed by atoms with Crippen molar-refractivity contribution in [3.63, 3.8) is 0 Å². The first kappa shape index (κ1) is 21.3. The Bertz CT molecular complexity index is 878. The van der Waals surface area contributed by atoms with Crippen molar-refractivity contribution in [1.82, 2.24) is 4.90 Å². The first-order valence-corrected chi connectivity index (χ1v) is 12.1. The van der Waals surface area contributed by atoms with Crippen LogP contribution in [0.2, 0.25) is 0 Å². The normalized spacial score (nSPS) is 19.6. The number of rotatable bonds is 5. The van der Waals surface area contributed by atoms with Crippen LogP contribution in [0.5, 0.6) is 0 Å². The Labute approximate surface area is 188 Å². The van der Waals surface area contributed by atoms with Gasteiger partial charge in [0.05, 0.1) is 0 Å². The molecule has 1 N–H and O–H groups in total. The molecule has 158 valence electrons. The molecule has 2 aliphatic rings. The van der Waals surface area contributed by atoms with Gasteiger partial charge in [0.15, 0.2) is 0 Å². The van der Waals surface area contributed by atoms with Gasteiger partial charge < -0.3 is 5.32 Å². The molecule has 4 rings (SSSR count). The Balaban J connectivity index is 1.50. The number of carbonyl (C=O) groups excluding carboxylic acids is 1.